The number of nitrogens with one attached hydrogen (secondary N) is 1. The number of nitrogens with zero attached hydrogens (tertiary/aromatic N) is 2. The van der Waals surface area contributed by atoms with E-state index < -0.39 is 0 Å². The van der Waals surface area contributed by atoms with Gasteiger partial charge in [0.25, 0.3) is 0 Å². The molecule has 0 spiro atoms. The molecule has 1 aliphatic heterocycles. The third-order valence-electron chi connectivity index (χ3n) is 4.51. The van der Waals surface area contributed by atoms with Crippen LogP contribution in [0.5, 0.6) is 0 Å². The average molecular weight is 358 g/mol. The number of hydrogen-bond acceptors (Lipinski definition) is 2. The monoisotopic (exact) mass is 357 g/mol. The van der Waals surface area contributed by atoms with Gasteiger partial charge < -0.3 is 10.2 Å². The third kappa shape index (κ3) is 5.48. The number of benzene rings is 2. The highest BCUT2D eigenvalue weighted by Gasteiger charge is 2.20. The smallest absolute Gasteiger partial charge is 0.317 e. The van der Waals surface area contributed by atoms with Gasteiger partial charge in [0, 0.05) is 44.3 Å². The maximum absolute atomic E-state index is 12.3. The molecule has 1 saturated heterocycles. The normalized spacial score (nSPS) is 15.2. The molecule has 1 N–H and O–H groups in total. The van der Waals surface area contributed by atoms with Crippen molar-refractivity contribution >= 4 is 17.6 Å². The molecule has 2 amide bonds. The van der Waals surface area contributed by atoms with E-state index in [1.54, 1.807) is 0 Å². The van der Waals surface area contributed by atoms with Crippen molar-refractivity contribution in [2.24, 2.45) is 0 Å². The van der Waals surface area contributed by atoms with Crippen LogP contribution < -0.4 is 5.32 Å². The van der Waals surface area contributed by atoms with Crippen molar-refractivity contribution in [3.8, 4) is 0 Å². The fraction of sp³-hybridized carbons (Fsp3) is 0.350. The molecule has 5 heteroatoms. The van der Waals surface area contributed by atoms with E-state index in [2.05, 4.69) is 34.5 Å². The molecule has 0 atom stereocenters. The molecule has 2 aromatic rings. The van der Waals surface area contributed by atoms with Gasteiger partial charge in [0.1, 0.15) is 0 Å². The standard InChI is InChI=1S/C20H24ClN3O/c21-19-8-6-17(7-9-19)10-11-22-20(25)24-14-12-23(13-15-24)16-18-4-2-1-3-5-18/h1-9H,10-16H2,(H,22,25). The van der Waals surface area contributed by atoms with Gasteiger partial charge in [0.2, 0.25) is 0 Å². The first-order valence-corrected chi connectivity index (χ1v) is 9.12. The van der Waals surface area contributed by atoms with E-state index in [-0.39, 0.29) is 6.03 Å². The quantitative estimate of drug-likeness (QED) is 0.890. The van der Waals surface area contributed by atoms with Crippen molar-refractivity contribution in [3.05, 3.63) is 70.7 Å². The zero-order valence-corrected chi connectivity index (χ0v) is 15.1. The van der Waals surface area contributed by atoms with Gasteiger partial charge in [0.15, 0.2) is 0 Å². The molecular formula is C20H24ClN3O. The summed E-state index contributed by atoms with van der Waals surface area (Å²) in [7, 11) is 0. The van der Waals surface area contributed by atoms with E-state index in [1.807, 2.05) is 35.2 Å². The van der Waals surface area contributed by atoms with E-state index in [4.69, 9.17) is 11.6 Å². The predicted octanol–water partition coefficient (Wildman–Crippen LogP) is 3.41. The van der Waals surface area contributed by atoms with E-state index in [9.17, 15) is 4.79 Å². The second-order valence-electron chi connectivity index (χ2n) is 6.36. The Kier molecular flexibility index (Phi) is 6.31. The van der Waals surface area contributed by atoms with Crippen molar-refractivity contribution in [1.82, 2.24) is 15.1 Å². The lowest BCUT2D eigenvalue weighted by molar-refractivity contribution is 0.135. The van der Waals surface area contributed by atoms with Gasteiger partial charge >= 0.3 is 6.03 Å². The highest BCUT2D eigenvalue weighted by Crippen LogP contribution is 2.10. The van der Waals surface area contributed by atoms with Crippen LogP contribution in [0.25, 0.3) is 0 Å². The molecular weight excluding hydrogens is 334 g/mol. The molecule has 0 bridgehead atoms. The van der Waals surface area contributed by atoms with Gasteiger partial charge in [-0.05, 0) is 29.7 Å². The molecule has 132 valence electrons. The van der Waals surface area contributed by atoms with Crippen LogP contribution in [0.3, 0.4) is 0 Å². The maximum atomic E-state index is 12.3. The lowest BCUT2D eigenvalue weighted by Gasteiger charge is -2.34. The van der Waals surface area contributed by atoms with Crippen LogP contribution in [0.2, 0.25) is 5.02 Å². The summed E-state index contributed by atoms with van der Waals surface area (Å²) in [6.45, 7) is 4.98. The topological polar surface area (TPSA) is 35.6 Å². The summed E-state index contributed by atoms with van der Waals surface area (Å²) in [6, 6.07) is 18.3. The van der Waals surface area contributed by atoms with Crippen molar-refractivity contribution in [2.75, 3.05) is 32.7 Å². The van der Waals surface area contributed by atoms with Crippen molar-refractivity contribution in [1.29, 1.82) is 0 Å². The van der Waals surface area contributed by atoms with Crippen LogP contribution in [0.15, 0.2) is 54.6 Å². The maximum Gasteiger partial charge on any atom is 0.317 e. The minimum absolute atomic E-state index is 0.0355. The van der Waals surface area contributed by atoms with Crippen molar-refractivity contribution in [2.45, 2.75) is 13.0 Å². The Morgan fingerprint density at radius 3 is 2.28 bits per heavy atom. The first kappa shape index (κ1) is 17.8. The summed E-state index contributed by atoms with van der Waals surface area (Å²) >= 11 is 5.88. The van der Waals surface area contributed by atoms with Crippen LogP contribution >= 0.6 is 11.6 Å². The van der Waals surface area contributed by atoms with E-state index in [1.165, 1.54) is 11.1 Å². The van der Waals surface area contributed by atoms with Crippen molar-refractivity contribution < 1.29 is 4.79 Å². The summed E-state index contributed by atoms with van der Waals surface area (Å²) in [5.41, 5.74) is 2.50. The van der Waals surface area contributed by atoms with Gasteiger partial charge in [-0.1, -0.05) is 54.1 Å². The Bertz CT molecular complexity index is 667. The Labute approximate surface area is 154 Å². The lowest BCUT2D eigenvalue weighted by Crippen LogP contribution is -2.51. The number of carbonyl (C=O) groups is 1. The fourth-order valence-corrected chi connectivity index (χ4v) is 3.15. The van der Waals surface area contributed by atoms with Gasteiger partial charge in [-0.15, -0.1) is 0 Å². The largest absolute Gasteiger partial charge is 0.338 e. The van der Waals surface area contributed by atoms with E-state index in [0.29, 0.717) is 6.54 Å². The molecule has 0 saturated carbocycles. The minimum Gasteiger partial charge on any atom is -0.338 e. The molecule has 1 aliphatic rings. The summed E-state index contributed by atoms with van der Waals surface area (Å²) in [4.78, 5) is 16.6. The summed E-state index contributed by atoms with van der Waals surface area (Å²) in [5, 5.41) is 3.75. The molecule has 0 aliphatic carbocycles. The molecule has 0 radical (unpaired) electrons. The van der Waals surface area contributed by atoms with Crippen LogP contribution in [-0.2, 0) is 13.0 Å². The molecule has 0 aromatic heterocycles. The summed E-state index contributed by atoms with van der Waals surface area (Å²) < 4.78 is 0. The predicted molar refractivity (Wildman–Crippen MR) is 102 cm³/mol. The number of halogens is 1. The van der Waals surface area contributed by atoms with Gasteiger partial charge in [0.05, 0.1) is 0 Å². The zero-order valence-electron chi connectivity index (χ0n) is 14.3. The first-order valence-electron chi connectivity index (χ1n) is 8.74. The molecule has 1 fully saturated rings. The van der Waals surface area contributed by atoms with Crippen LogP contribution in [0.4, 0.5) is 4.79 Å². The summed E-state index contributed by atoms with van der Waals surface area (Å²) in [6.07, 6.45) is 0.816. The van der Waals surface area contributed by atoms with Crippen LogP contribution in [0, 0.1) is 0 Å². The van der Waals surface area contributed by atoms with E-state index in [0.717, 1.165) is 44.2 Å². The van der Waals surface area contributed by atoms with Gasteiger partial charge in [-0.25, -0.2) is 4.79 Å². The molecule has 3 rings (SSSR count). The highest BCUT2D eigenvalue weighted by molar-refractivity contribution is 6.30. The molecule has 0 unspecified atom stereocenters. The zero-order chi connectivity index (χ0) is 17.5. The molecule has 25 heavy (non-hydrogen) atoms. The Morgan fingerprint density at radius 1 is 0.920 bits per heavy atom. The van der Waals surface area contributed by atoms with Crippen molar-refractivity contribution in [3.63, 3.8) is 0 Å². The molecule has 1 heterocycles. The van der Waals surface area contributed by atoms with Crippen LogP contribution in [0.1, 0.15) is 11.1 Å². The Morgan fingerprint density at radius 2 is 1.60 bits per heavy atom. The average Bonchev–Trinajstić information content (AvgIpc) is 2.65. The van der Waals surface area contributed by atoms with E-state index >= 15 is 0 Å². The first-order chi connectivity index (χ1) is 12.2. The lowest BCUT2D eigenvalue weighted by atomic mass is 10.1. The SMILES string of the molecule is O=C(NCCc1ccc(Cl)cc1)N1CCN(Cc2ccccc2)CC1. The fourth-order valence-electron chi connectivity index (χ4n) is 3.03. The Balaban J connectivity index is 1.37. The number of urea groups is 1. The number of hydrogen-bond donors (Lipinski definition) is 1. The van der Waals surface area contributed by atoms with Gasteiger partial charge in [-0.3, -0.25) is 4.90 Å². The Hall–Kier alpha value is -2.04. The highest BCUT2D eigenvalue weighted by atomic mass is 35.5. The minimum atomic E-state index is 0.0355. The van der Waals surface area contributed by atoms with Gasteiger partial charge in [-0.2, -0.15) is 0 Å². The second kappa shape index (κ2) is 8.88. The summed E-state index contributed by atoms with van der Waals surface area (Å²) in [5.74, 6) is 0. The number of piperazine rings is 1. The number of carbonyl (C=O) groups excluding carboxylic acids is 1. The molecule has 4 nitrogen and oxygen atoms in total. The second-order valence-corrected chi connectivity index (χ2v) is 6.79. The third-order valence-corrected chi connectivity index (χ3v) is 4.76. The molecule has 2 aromatic carbocycles. The van der Waals surface area contributed by atoms with Crippen LogP contribution in [-0.4, -0.2) is 48.6 Å². The number of rotatable bonds is 5. The number of amides is 2.